The van der Waals surface area contributed by atoms with Crippen molar-refractivity contribution < 1.29 is 4.42 Å². The van der Waals surface area contributed by atoms with Crippen molar-refractivity contribution in [3.63, 3.8) is 0 Å². The molecule has 0 saturated carbocycles. The Morgan fingerprint density at radius 3 is 1.53 bits per heavy atom. The number of fused-ring (bicyclic) bond motifs is 3. The Morgan fingerprint density at radius 1 is 0.306 bits per heavy atom. The van der Waals surface area contributed by atoms with Crippen LogP contribution in [0.2, 0.25) is 0 Å². The van der Waals surface area contributed by atoms with E-state index in [0.717, 1.165) is 72.0 Å². The summed E-state index contributed by atoms with van der Waals surface area (Å²) in [5.41, 5.74) is 11.0. The zero-order valence-corrected chi connectivity index (χ0v) is 26.5. The highest BCUT2D eigenvalue weighted by atomic mass is 16.3. The minimum Gasteiger partial charge on any atom is -0.456 e. The molecule has 9 aromatic rings. The van der Waals surface area contributed by atoms with Crippen LogP contribution in [0.25, 0.3) is 89.5 Å². The van der Waals surface area contributed by atoms with Gasteiger partial charge in [-0.25, -0.2) is 15.0 Å². The fraction of sp³-hybridized carbons (Fsp3) is 0. The summed E-state index contributed by atoms with van der Waals surface area (Å²) in [6.45, 7) is 0. The minimum absolute atomic E-state index is 0.591. The van der Waals surface area contributed by atoms with Crippen LogP contribution in [0.4, 0.5) is 0 Å². The predicted molar refractivity (Wildman–Crippen MR) is 200 cm³/mol. The summed E-state index contributed by atoms with van der Waals surface area (Å²) < 4.78 is 6.48. The average molecular weight is 628 g/mol. The molecule has 0 amide bonds. The van der Waals surface area contributed by atoms with Gasteiger partial charge in [-0.1, -0.05) is 152 Å². The van der Waals surface area contributed by atoms with E-state index >= 15 is 0 Å². The molecule has 7 aromatic carbocycles. The van der Waals surface area contributed by atoms with E-state index in [4.69, 9.17) is 19.4 Å². The molecule has 49 heavy (non-hydrogen) atoms. The number of rotatable bonds is 6. The molecule has 4 heteroatoms. The van der Waals surface area contributed by atoms with E-state index in [0.29, 0.717) is 17.5 Å². The van der Waals surface area contributed by atoms with Gasteiger partial charge in [0, 0.05) is 27.5 Å². The first-order valence-electron chi connectivity index (χ1n) is 16.4. The van der Waals surface area contributed by atoms with Gasteiger partial charge in [0.25, 0.3) is 0 Å². The number of nitrogens with zero attached hydrogens (tertiary/aromatic N) is 3. The lowest BCUT2D eigenvalue weighted by Crippen LogP contribution is -2.01. The van der Waals surface area contributed by atoms with Gasteiger partial charge >= 0.3 is 0 Å². The Balaban J connectivity index is 1.27. The maximum atomic E-state index is 6.48. The monoisotopic (exact) mass is 627 g/mol. The molecule has 0 N–H and O–H groups in total. The first-order chi connectivity index (χ1) is 24.3. The van der Waals surface area contributed by atoms with Crippen LogP contribution >= 0.6 is 0 Å². The predicted octanol–water partition coefficient (Wildman–Crippen LogP) is 11.8. The van der Waals surface area contributed by atoms with Crippen LogP contribution in [-0.4, -0.2) is 15.0 Å². The Bertz CT molecular complexity index is 2590. The number of hydrogen-bond acceptors (Lipinski definition) is 4. The van der Waals surface area contributed by atoms with Crippen molar-refractivity contribution in [1.82, 2.24) is 15.0 Å². The lowest BCUT2D eigenvalue weighted by molar-refractivity contribution is 0.669. The summed E-state index contributed by atoms with van der Waals surface area (Å²) in [5, 5.41) is 2.00. The molecule has 0 spiro atoms. The van der Waals surface area contributed by atoms with Crippen LogP contribution < -0.4 is 0 Å². The van der Waals surface area contributed by atoms with Crippen LogP contribution in [0.15, 0.2) is 180 Å². The number of hydrogen-bond donors (Lipinski definition) is 0. The second kappa shape index (κ2) is 12.2. The maximum absolute atomic E-state index is 6.48. The summed E-state index contributed by atoms with van der Waals surface area (Å²) in [5.74, 6) is 1.81. The van der Waals surface area contributed by atoms with E-state index in [2.05, 4.69) is 140 Å². The molecule has 0 aliphatic carbocycles. The van der Waals surface area contributed by atoms with Gasteiger partial charge in [0.05, 0.1) is 0 Å². The molecule has 0 unspecified atom stereocenters. The second-order valence-electron chi connectivity index (χ2n) is 12.0. The first kappa shape index (κ1) is 28.6. The van der Waals surface area contributed by atoms with Gasteiger partial charge in [0.15, 0.2) is 17.5 Å². The number of furan rings is 1. The molecule has 0 aliphatic rings. The summed E-state index contributed by atoms with van der Waals surface area (Å²) in [4.78, 5) is 15.5. The molecule has 4 nitrogen and oxygen atoms in total. The van der Waals surface area contributed by atoms with E-state index in [1.165, 1.54) is 0 Å². The Kier molecular flexibility index (Phi) is 7.10. The van der Waals surface area contributed by atoms with E-state index in [1.54, 1.807) is 0 Å². The van der Waals surface area contributed by atoms with Crippen molar-refractivity contribution in [2.45, 2.75) is 0 Å². The van der Waals surface area contributed by atoms with Gasteiger partial charge in [0.1, 0.15) is 11.2 Å². The molecule has 0 aliphatic heterocycles. The van der Waals surface area contributed by atoms with Gasteiger partial charge in [-0.05, 0) is 57.6 Å². The zero-order chi connectivity index (χ0) is 32.6. The first-order valence-corrected chi connectivity index (χ1v) is 16.4. The summed E-state index contributed by atoms with van der Waals surface area (Å²) in [6, 6.07) is 60.3. The molecule has 0 fully saturated rings. The summed E-state index contributed by atoms with van der Waals surface area (Å²) in [6.07, 6.45) is 0. The molecule has 9 rings (SSSR count). The van der Waals surface area contributed by atoms with Crippen molar-refractivity contribution in [3.8, 4) is 67.5 Å². The number of benzene rings is 7. The Hall–Kier alpha value is -6.65. The van der Waals surface area contributed by atoms with Gasteiger partial charge < -0.3 is 4.42 Å². The van der Waals surface area contributed by atoms with Crippen molar-refractivity contribution in [1.29, 1.82) is 0 Å². The third-order valence-electron chi connectivity index (χ3n) is 8.96. The van der Waals surface area contributed by atoms with Crippen LogP contribution in [0, 0.1) is 0 Å². The third-order valence-corrected chi connectivity index (χ3v) is 8.96. The molecule has 0 bridgehead atoms. The molecule has 0 saturated heterocycles. The van der Waals surface area contributed by atoms with Crippen molar-refractivity contribution >= 4 is 21.9 Å². The Labute approximate surface area is 284 Å². The van der Waals surface area contributed by atoms with Crippen molar-refractivity contribution in [2.24, 2.45) is 0 Å². The quantitative estimate of drug-likeness (QED) is 0.184. The third kappa shape index (κ3) is 5.35. The largest absolute Gasteiger partial charge is 0.456 e. The Morgan fingerprint density at radius 2 is 0.816 bits per heavy atom. The van der Waals surface area contributed by atoms with Gasteiger partial charge in [0.2, 0.25) is 0 Å². The highest BCUT2D eigenvalue weighted by molar-refractivity contribution is 6.12. The molecule has 2 heterocycles. The van der Waals surface area contributed by atoms with Crippen LogP contribution in [0.3, 0.4) is 0 Å². The van der Waals surface area contributed by atoms with E-state index in [-0.39, 0.29) is 0 Å². The minimum atomic E-state index is 0.591. The smallest absolute Gasteiger partial charge is 0.164 e. The average Bonchev–Trinajstić information content (AvgIpc) is 3.57. The lowest BCUT2D eigenvalue weighted by atomic mass is 9.98. The van der Waals surface area contributed by atoms with E-state index in [9.17, 15) is 0 Å². The van der Waals surface area contributed by atoms with Gasteiger partial charge in [-0.2, -0.15) is 0 Å². The van der Waals surface area contributed by atoms with Crippen molar-refractivity contribution in [3.05, 3.63) is 176 Å². The van der Waals surface area contributed by atoms with E-state index < -0.39 is 0 Å². The summed E-state index contributed by atoms with van der Waals surface area (Å²) >= 11 is 0. The maximum Gasteiger partial charge on any atom is 0.164 e. The topological polar surface area (TPSA) is 51.8 Å². The fourth-order valence-corrected chi connectivity index (χ4v) is 6.58. The molecule has 0 atom stereocenters. The molecule has 2 aromatic heterocycles. The highest BCUT2D eigenvalue weighted by Crippen LogP contribution is 2.39. The SMILES string of the molecule is c1ccc(-c2cccc(-c3nc(-c4ccccc4-c4ccccc4)nc(-c4cccc5oc6cc(-c7ccccc7)ccc6c45)n3)c2)cc1. The van der Waals surface area contributed by atoms with Crippen LogP contribution in [-0.2, 0) is 0 Å². The molecular weight excluding hydrogens is 599 g/mol. The second-order valence-corrected chi connectivity index (χ2v) is 12.0. The molecular formula is C45H29N3O. The van der Waals surface area contributed by atoms with E-state index in [1.807, 2.05) is 36.4 Å². The molecule has 0 radical (unpaired) electrons. The van der Waals surface area contributed by atoms with Crippen LogP contribution in [0.5, 0.6) is 0 Å². The molecule has 230 valence electrons. The summed E-state index contributed by atoms with van der Waals surface area (Å²) in [7, 11) is 0. The fourth-order valence-electron chi connectivity index (χ4n) is 6.58. The standard InChI is InChI=1S/C45H29N3O/c1-4-14-30(15-5-1)33-20-12-21-35(28-33)43-46-44(37-23-11-10-22-36(37)32-18-8-3-9-19-32)48-45(47-43)39-24-13-25-40-42(39)38-27-26-34(29-41(38)49-40)31-16-6-2-7-17-31/h1-29H. The van der Waals surface area contributed by atoms with Crippen LogP contribution in [0.1, 0.15) is 0 Å². The van der Waals surface area contributed by atoms with Gasteiger partial charge in [-0.3, -0.25) is 0 Å². The zero-order valence-electron chi connectivity index (χ0n) is 26.5. The van der Waals surface area contributed by atoms with Crippen molar-refractivity contribution in [2.75, 3.05) is 0 Å². The lowest BCUT2D eigenvalue weighted by Gasteiger charge is -2.13. The number of aromatic nitrogens is 3. The normalized spacial score (nSPS) is 11.3. The highest BCUT2D eigenvalue weighted by Gasteiger charge is 2.20. The van der Waals surface area contributed by atoms with Gasteiger partial charge in [-0.15, -0.1) is 0 Å².